The second kappa shape index (κ2) is 6.31. The van der Waals surface area contributed by atoms with Gasteiger partial charge in [-0.3, -0.25) is 9.69 Å². The number of thiophene rings is 1. The highest BCUT2D eigenvalue weighted by molar-refractivity contribution is 7.14. The van der Waals surface area contributed by atoms with Crippen LogP contribution in [0.15, 0.2) is 6.07 Å². The number of ether oxygens (including phenoxy) is 1. The molecule has 23 heavy (non-hydrogen) atoms. The van der Waals surface area contributed by atoms with Gasteiger partial charge in [0, 0.05) is 18.0 Å². The van der Waals surface area contributed by atoms with Crippen LogP contribution in [0.1, 0.15) is 40.4 Å². The molecule has 124 valence electrons. The van der Waals surface area contributed by atoms with Crippen LogP contribution in [0.5, 0.6) is 0 Å². The van der Waals surface area contributed by atoms with Gasteiger partial charge in [-0.25, -0.2) is 9.59 Å². The molecule has 2 atom stereocenters. The first-order chi connectivity index (χ1) is 11.0. The van der Waals surface area contributed by atoms with Gasteiger partial charge in [-0.05, 0) is 43.7 Å². The summed E-state index contributed by atoms with van der Waals surface area (Å²) in [4.78, 5) is 38.8. The Morgan fingerprint density at radius 3 is 2.96 bits per heavy atom. The van der Waals surface area contributed by atoms with Gasteiger partial charge in [0.15, 0.2) is 6.10 Å². The Morgan fingerprint density at radius 2 is 2.26 bits per heavy atom. The van der Waals surface area contributed by atoms with Gasteiger partial charge in [-0.2, -0.15) is 0 Å². The van der Waals surface area contributed by atoms with Crippen LogP contribution >= 0.6 is 11.3 Å². The minimum Gasteiger partial charge on any atom is -0.448 e. The molecule has 0 bridgehead atoms. The third kappa shape index (κ3) is 3.24. The van der Waals surface area contributed by atoms with Gasteiger partial charge < -0.3 is 10.1 Å². The van der Waals surface area contributed by atoms with Gasteiger partial charge in [0.2, 0.25) is 0 Å². The predicted molar refractivity (Wildman–Crippen MR) is 85.5 cm³/mol. The first-order valence-corrected chi connectivity index (χ1v) is 8.69. The van der Waals surface area contributed by atoms with Crippen molar-refractivity contribution in [2.45, 2.75) is 39.2 Å². The maximum absolute atomic E-state index is 12.3. The van der Waals surface area contributed by atoms with Crippen molar-refractivity contribution in [3.63, 3.8) is 0 Å². The number of urea groups is 1. The van der Waals surface area contributed by atoms with E-state index in [-0.39, 0.29) is 0 Å². The van der Waals surface area contributed by atoms with Gasteiger partial charge in [-0.15, -0.1) is 11.3 Å². The van der Waals surface area contributed by atoms with Crippen molar-refractivity contribution < 1.29 is 19.1 Å². The first-order valence-electron chi connectivity index (χ1n) is 7.87. The van der Waals surface area contributed by atoms with E-state index in [1.54, 1.807) is 0 Å². The Balaban J connectivity index is 1.65. The molecule has 7 heteroatoms. The van der Waals surface area contributed by atoms with Crippen molar-refractivity contribution in [1.29, 1.82) is 0 Å². The standard InChI is InChI=1S/C16H20N2O4S/c1-9-3-4-12-11(7-9)8-13(23-12)15(20)22-10(2)14(19)18-6-5-17-16(18)21/h8-10H,3-7H2,1-2H3,(H,17,21)/t9-,10+/m1/s1. The average molecular weight is 336 g/mol. The van der Waals surface area contributed by atoms with E-state index >= 15 is 0 Å². The minimum absolute atomic E-state index is 0.310. The van der Waals surface area contributed by atoms with E-state index in [1.807, 2.05) is 6.07 Å². The largest absolute Gasteiger partial charge is 0.448 e. The smallest absolute Gasteiger partial charge is 0.349 e. The number of nitrogens with one attached hydrogen (secondary N) is 1. The maximum Gasteiger partial charge on any atom is 0.349 e. The summed E-state index contributed by atoms with van der Waals surface area (Å²) in [6.07, 6.45) is 2.16. The van der Waals surface area contributed by atoms with Crippen LogP contribution in [0.4, 0.5) is 4.79 Å². The van der Waals surface area contributed by atoms with Crippen LogP contribution in [0.25, 0.3) is 0 Å². The van der Waals surface area contributed by atoms with Gasteiger partial charge in [0.25, 0.3) is 5.91 Å². The molecule has 1 aromatic rings. The summed E-state index contributed by atoms with van der Waals surface area (Å²) in [5.74, 6) is -0.337. The molecule has 1 aromatic heterocycles. The fourth-order valence-corrected chi connectivity index (χ4v) is 4.07. The third-order valence-corrected chi connectivity index (χ3v) is 5.50. The molecule has 0 saturated carbocycles. The Hall–Kier alpha value is -1.89. The molecular formula is C16H20N2O4S. The van der Waals surface area contributed by atoms with Crippen LogP contribution < -0.4 is 5.32 Å². The summed E-state index contributed by atoms with van der Waals surface area (Å²) in [7, 11) is 0. The average Bonchev–Trinajstić information content (AvgIpc) is 3.11. The number of fused-ring (bicyclic) bond motifs is 1. The lowest BCUT2D eigenvalue weighted by atomic mass is 9.90. The van der Waals surface area contributed by atoms with Crippen LogP contribution in [0.2, 0.25) is 0 Å². The molecule has 0 aromatic carbocycles. The summed E-state index contributed by atoms with van der Waals surface area (Å²) in [5.41, 5.74) is 1.22. The van der Waals surface area contributed by atoms with Crippen molar-refractivity contribution in [3.8, 4) is 0 Å². The van der Waals surface area contributed by atoms with E-state index in [4.69, 9.17) is 4.74 Å². The predicted octanol–water partition coefficient (Wildman–Crippen LogP) is 1.97. The van der Waals surface area contributed by atoms with Gasteiger partial charge in [0.1, 0.15) is 4.88 Å². The molecule has 3 rings (SSSR count). The summed E-state index contributed by atoms with van der Waals surface area (Å²) in [6.45, 7) is 4.45. The molecular weight excluding hydrogens is 316 g/mol. The molecule has 1 aliphatic heterocycles. The summed E-state index contributed by atoms with van der Waals surface area (Å²) in [5, 5.41) is 2.56. The summed E-state index contributed by atoms with van der Waals surface area (Å²) < 4.78 is 5.26. The number of carbonyl (C=O) groups excluding carboxylic acids is 3. The summed E-state index contributed by atoms with van der Waals surface area (Å²) in [6, 6.07) is 1.45. The topological polar surface area (TPSA) is 75.7 Å². The SMILES string of the molecule is C[C@@H]1CCc2sc(C(=O)O[C@@H](C)C(=O)N3CCNC3=O)cc2C1. The third-order valence-electron chi connectivity index (χ3n) is 4.28. The van der Waals surface area contributed by atoms with E-state index in [0.29, 0.717) is 23.9 Å². The highest BCUT2D eigenvalue weighted by atomic mass is 32.1. The number of esters is 1. The van der Waals surface area contributed by atoms with E-state index in [1.165, 1.54) is 28.7 Å². The summed E-state index contributed by atoms with van der Waals surface area (Å²) >= 11 is 1.45. The van der Waals surface area contributed by atoms with Crippen molar-refractivity contribution in [3.05, 3.63) is 21.4 Å². The quantitative estimate of drug-likeness (QED) is 0.856. The number of aryl methyl sites for hydroxylation is 1. The number of imide groups is 1. The monoisotopic (exact) mass is 336 g/mol. The molecule has 0 spiro atoms. The Labute approximate surface area is 138 Å². The lowest BCUT2D eigenvalue weighted by Gasteiger charge is -2.17. The Morgan fingerprint density at radius 1 is 1.48 bits per heavy atom. The Kier molecular flexibility index (Phi) is 4.39. The normalized spacial score (nSPS) is 21.6. The fourth-order valence-electron chi connectivity index (χ4n) is 2.98. The molecule has 0 unspecified atom stereocenters. The number of amides is 3. The molecule has 1 aliphatic carbocycles. The number of carbonyl (C=O) groups is 3. The number of nitrogens with zero attached hydrogens (tertiary/aromatic N) is 1. The molecule has 6 nitrogen and oxygen atoms in total. The highest BCUT2D eigenvalue weighted by Crippen LogP contribution is 2.32. The number of hydrogen-bond donors (Lipinski definition) is 1. The maximum atomic E-state index is 12.3. The molecule has 1 N–H and O–H groups in total. The lowest BCUT2D eigenvalue weighted by Crippen LogP contribution is -2.41. The van der Waals surface area contributed by atoms with E-state index < -0.39 is 24.0 Å². The van der Waals surface area contributed by atoms with Crippen LogP contribution in [0.3, 0.4) is 0 Å². The first kappa shape index (κ1) is 16.0. The van der Waals surface area contributed by atoms with E-state index in [0.717, 1.165) is 24.2 Å². The zero-order valence-corrected chi connectivity index (χ0v) is 14.1. The molecule has 2 heterocycles. The number of rotatable bonds is 3. The van der Waals surface area contributed by atoms with E-state index in [9.17, 15) is 14.4 Å². The van der Waals surface area contributed by atoms with Crippen molar-refractivity contribution >= 4 is 29.2 Å². The molecule has 1 saturated heterocycles. The van der Waals surface area contributed by atoms with Gasteiger partial charge in [0.05, 0.1) is 0 Å². The Bertz CT molecular complexity index is 655. The van der Waals surface area contributed by atoms with Crippen molar-refractivity contribution in [1.82, 2.24) is 10.2 Å². The lowest BCUT2D eigenvalue weighted by molar-refractivity contribution is -0.135. The second-order valence-electron chi connectivity index (χ2n) is 6.18. The van der Waals surface area contributed by atoms with Crippen molar-refractivity contribution in [2.75, 3.05) is 13.1 Å². The molecule has 3 amide bonds. The van der Waals surface area contributed by atoms with Crippen LogP contribution in [-0.2, 0) is 22.4 Å². The fraction of sp³-hybridized carbons (Fsp3) is 0.562. The zero-order chi connectivity index (χ0) is 16.6. The zero-order valence-electron chi connectivity index (χ0n) is 13.3. The highest BCUT2D eigenvalue weighted by Gasteiger charge is 2.32. The second-order valence-corrected chi connectivity index (χ2v) is 7.31. The number of hydrogen-bond acceptors (Lipinski definition) is 5. The van der Waals surface area contributed by atoms with Gasteiger partial charge in [-0.1, -0.05) is 6.92 Å². The van der Waals surface area contributed by atoms with Crippen molar-refractivity contribution in [2.24, 2.45) is 5.92 Å². The van der Waals surface area contributed by atoms with E-state index in [2.05, 4.69) is 12.2 Å². The van der Waals surface area contributed by atoms with Crippen LogP contribution in [-0.4, -0.2) is 42.0 Å². The minimum atomic E-state index is -0.968. The van der Waals surface area contributed by atoms with Gasteiger partial charge >= 0.3 is 12.0 Å². The molecule has 2 aliphatic rings. The van der Waals surface area contributed by atoms with Crippen LogP contribution in [0, 0.1) is 5.92 Å². The molecule has 1 fully saturated rings. The molecule has 0 radical (unpaired) electrons.